The minimum absolute atomic E-state index is 0.0257. The number of nitrogens with zero attached hydrogens (tertiary/aromatic N) is 1. The molecule has 2 aromatic carbocycles. The lowest BCUT2D eigenvalue weighted by Gasteiger charge is -2.10. The van der Waals surface area contributed by atoms with Gasteiger partial charge in [-0.05, 0) is 49.7 Å². The molecule has 0 aliphatic carbocycles. The first kappa shape index (κ1) is 19.5. The smallest absolute Gasteiger partial charge is 0.257 e. The molecule has 0 unspecified atom stereocenters. The number of rotatable bonds is 10. The Bertz CT molecular complexity index is 891. The Labute approximate surface area is 164 Å². The highest BCUT2D eigenvalue weighted by Gasteiger charge is 2.04. The van der Waals surface area contributed by atoms with Crippen LogP contribution in [-0.4, -0.2) is 37.3 Å². The fourth-order valence-electron chi connectivity index (χ4n) is 2.67. The SMILES string of the molecule is CCOc1ccc(OCC(=O)NCCCOc2cccc3cccnc23)cc1. The number of hydrogen-bond donors (Lipinski definition) is 1. The molecule has 1 aromatic heterocycles. The molecule has 3 aromatic rings. The molecule has 28 heavy (non-hydrogen) atoms. The van der Waals surface area contributed by atoms with Crippen molar-refractivity contribution >= 4 is 16.8 Å². The van der Waals surface area contributed by atoms with E-state index < -0.39 is 0 Å². The van der Waals surface area contributed by atoms with Crippen LogP contribution in [0.25, 0.3) is 10.9 Å². The third-order valence-electron chi connectivity index (χ3n) is 4.00. The standard InChI is InChI=1S/C22H24N2O4/c1-2-26-18-9-11-19(12-10-18)28-16-21(25)23-14-5-15-27-20-8-3-6-17-7-4-13-24-22(17)20/h3-4,6-13H,2,5,14-16H2,1H3,(H,23,25). The highest BCUT2D eigenvalue weighted by atomic mass is 16.5. The van der Waals surface area contributed by atoms with E-state index in [2.05, 4.69) is 10.3 Å². The predicted molar refractivity (Wildman–Crippen MR) is 108 cm³/mol. The molecule has 1 N–H and O–H groups in total. The Morgan fingerprint density at radius 2 is 1.71 bits per heavy atom. The Kier molecular flexibility index (Phi) is 7.07. The zero-order valence-corrected chi connectivity index (χ0v) is 15.9. The number of nitrogens with one attached hydrogen (secondary N) is 1. The highest BCUT2D eigenvalue weighted by Crippen LogP contribution is 2.22. The first-order chi connectivity index (χ1) is 13.8. The Morgan fingerprint density at radius 1 is 0.964 bits per heavy atom. The Morgan fingerprint density at radius 3 is 2.50 bits per heavy atom. The molecule has 0 aliphatic rings. The molecular formula is C22H24N2O4. The van der Waals surface area contributed by atoms with Crippen LogP contribution in [0.5, 0.6) is 17.2 Å². The number of carbonyl (C=O) groups excluding carboxylic acids is 1. The van der Waals surface area contributed by atoms with Gasteiger partial charge in [-0.25, -0.2) is 0 Å². The van der Waals surface area contributed by atoms with Crippen molar-refractivity contribution in [3.05, 3.63) is 60.8 Å². The van der Waals surface area contributed by atoms with E-state index in [9.17, 15) is 4.79 Å². The van der Waals surface area contributed by atoms with Crippen LogP contribution in [0.15, 0.2) is 60.8 Å². The molecule has 1 heterocycles. The summed E-state index contributed by atoms with van der Waals surface area (Å²) in [7, 11) is 0. The molecule has 0 saturated carbocycles. The van der Waals surface area contributed by atoms with Crippen molar-refractivity contribution in [2.75, 3.05) is 26.4 Å². The second kappa shape index (κ2) is 10.2. The average Bonchev–Trinajstić information content (AvgIpc) is 2.73. The zero-order valence-electron chi connectivity index (χ0n) is 15.9. The van der Waals surface area contributed by atoms with E-state index in [0.29, 0.717) is 31.9 Å². The van der Waals surface area contributed by atoms with Crippen molar-refractivity contribution in [1.82, 2.24) is 10.3 Å². The fourth-order valence-corrected chi connectivity index (χ4v) is 2.67. The van der Waals surface area contributed by atoms with Crippen LogP contribution < -0.4 is 19.5 Å². The van der Waals surface area contributed by atoms with E-state index in [1.807, 2.05) is 49.4 Å². The van der Waals surface area contributed by atoms with Gasteiger partial charge in [0, 0.05) is 18.1 Å². The van der Waals surface area contributed by atoms with E-state index in [4.69, 9.17) is 14.2 Å². The monoisotopic (exact) mass is 380 g/mol. The van der Waals surface area contributed by atoms with Gasteiger partial charge in [-0.3, -0.25) is 9.78 Å². The quantitative estimate of drug-likeness (QED) is 0.544. The fraction of sp³-hybridized carbons (Fsp3) is 0.273. The van der Waals surface area contributed by atoms with Gasteiger partial charge in [-0.2, -0.15) is 0 Å². The predicted octanol–water partition coefficient (Wildman–Crippen LogP) is 3.60. The summed E-state index contributed by atoms with van der Waals surface area (Å²) >= 11 is 0. The number of pyridine rings is 1. The molecule has 1 amide bonds. The summed E-state index contributed by atoms with van der Waals surface area (Å²) < 4.78 is 16.6. The maximum Gasteiger partial charge on any atom is 0.257 e. The van der Waals surface area contributed by atoms with Crippen LogP contribution >= 0.6 is 0 Å². The molecule has 0 spiro atoms. The van der Waals surface area contributed by atoms with E-state index in [1.165, 1.54) is 0 Å². The number of amides is 1. The maximum absolute atomic E-state index is 11.9. The van der Waals surface area contributed by atoms with Gasteiger partial charge in [0.25, 0.3) is 5.91 Å². The van der Waals surface area contributed by atoms with Crippen LogP contribution in [-0.2, 0) is 4.79 Å². The molecule has 0 fully saturated rings. The molecule has 3 rings (SSSR count). The molecule has 0 aliphatic heterocycles. The highest BCUT2D eigenvalue weighted by molar-refractivity contribution is 5.84. The number of hydrogen-bond acceptors (Lipinski definition) is 5. The number of fused-ring (bicyclic) bond motifs is 1. The van der Waals surface area contributed by atoms with Gasteiger partial charge >= 0.3 is 0 Å². The molecule has 0 bridgehead atoms. The van der Waals surface area contributed by atoms with Gasteiger partial charge in [0.2, 0.25) is 0 Å². The topological polar surface area (TPSA) is 69.7 Å². The molecule has 0 radical (unpaired) electrons. The van der Waals surface area contributed by atoms with Crippen molar-refractivity contribution < 1.29 is 19.0 Å². The number of carbonyl (C=O) groups is 1. The third-order valence-corrected chi connectivity index (χ3v) is 4.00. The first-order valence-electron chi connectivity index (χ1n) is 9.35. The molecule has 146 valence electrons. The van der Waals surface area contributed by atoms with E-state index in [-0.39, 0.29) is 12.5 Å². The molecular weight excluding hydrogens is 356 g/mol. The second-order valence-electron chi connectivity index (χ2n) is 6.08. The lowest BCUT2D eigenvalue weighted by molar-refractivity contribution is -0.123. The van der Waals surface area contributed by atoms with Crippen LogP contribution in [0.3, 0.4) is 0 Å². The summed E-state index contributed by atoms with van der Waals surface area (Å²) in [6.45, 7) is 3.53. The average molecular weight is 380 g/mol. The molecule has 0 atom stereocenters. The van der Waals surface area contributed by atoms with Crippen molar-refractivity contribution in [1.29, 1.82) is 0 Å². The van der Waals surface area contributed by atoms with Gasteiger partial charge in [-0.15, -0.1) is 0 Å². The Hall–Kier alpha value is -3.28. The lowest BCUT2D eigenvalue weighted by atomic mass is 10.2. The summed E-state index contributed by atoms with van der Waals surface area (Å²) in [5, 5.41) is 3.87. The molecule has 0 saturated heterocycles. The number of ether oxygens (including phenoxy) is 3. The number of benzene rings is 2. The van der Waals surface area contributed by atoms with Gasteiger partial charge in [0.05, 0.1) is 13.2 Å². The van der Waals surface area contributed by atoms with Crippen molar-refractivity contribution in [2.24, 2.45) is 0 Å². The van der Waals surface area contributed by atoms with Gasteiger partial charge < -0.3 is 19.5 Å². The van der Waals surface area contributed by atoms with Crippen LogP contribution in [0.4, 0.5) is 0 Å². The van der Waals surface area contributed by atoms with E-state index in [1.54, 1.807) is 18.3 Å². The van der Waals surface area contributed by atoms with Crippen molar-refractivity contribution in [3.63, 3.8) is 0 Å². The largest absolute Gasteiger partial charge is 0.494 e. The van der Waals surface area contributed by atoms with E-state index in [0.717, 1.165) is 22.4 Å². The third kappa shape index (κ3) is 5.61. The summed E-state index contributed by atoms with van der Waals surface area (Å²) in [5.41, 5.74) is 0.845. The summed E-state index contributed by atoms with van der Waals surface area (Å²) in [5.74, 6) is 2.00. The maximum atomic E-state index is 11.9. The summed E-state index contributed by atoms with van der Waals surface area (Å²) in [6.07, 6.45) is 2.44. The second-order valence-corrected chi connectivity index (χ2v) is 6.08. The van der Waals surface area contributed by atoms with E-state index >= 15 is 0 Å². The normalized spacial score (nSPS) is 10.5. The molecule has 6 heteroatoms. The zero-order chi connectivity index (χ0) is 19.6. The summed E-state index contributed by atoms with van der Waals surface area (Å²) in [4.78, 5) is 16.2. The number of aromatic nitrogens is 1. The van der Waals surface area contributed by atoms with Crippen molar-refractivity contribution in [2.45, 2.75) is 13.3 Å². The minimum Gasteiger partial charge on any atom is -0.494 e. The minimum atomic E-state index is -0.166. The van der Waals surface area contributed by atoms with Crippen LogP contribution in [0.1, 0.15) is 13.3 Å². The molecule has 6 nitrogen and oxygen atoms in total. The van der Waals surface area contributed by atoms with Crippen LogP contribution in [0, 0.1) is 0 Å². The van der Waals surface area contributed by atoms with Crippen molar-refractivity contribution in [3.8, 4) is 17.2 Å². The first-order valence-corrected chi connectivity index (χ1v) is 9.35. The number of para-hydroxylation sites is 1. The lowest BCUT2D eigenvalue weighted by Crippen LogP contribution is -2.30. The summed E-state index contributed by atoms with van der Waals surface area (Å²) in [6, 6.07) is 16.9. The van der Waals surface area contributed by atoms with Gasteiger partial charge in [-0.1, -0.05) is 18.2 Å². The van der Waals surface area contributed by atoms with Gasteiger partial charge in [0.1, 0.15) is 22.8 Å². The Balaban J connectivity index is 1.34. The van der Waals surface area contributed by atoms with Gasteiger partial charge in [0.15, 0.2) is 6.61 Å². The van der Waals surface area contributed by atoms with Crippen LogP contribution in [0.2, 0.25) is 0 Å².